The Balaban J connectivity index is 2.22. The van der Waals surface area contributed by atoms with Crippen molar-refractivity contribution >= 4 is 17.5 Å². The number of alkyl halides is 3. The van der Waals surface area contributed by atoms with E-state index in [1.807, 2.05) is 13.8 Å². The standard InChI is InChI=1S/C15H21F3N6O/c1-8(2)12(25)7-24-9(3)11(6-21-24)22-14-20-5-10(15(16,17)18)13(19-4)23-14/h5-6,8,12,25H,7H2,1-4H3,(H2,19,20,22,23). The molecule has 0 amide bonds. The first-order chi connectivity index (χ1) is 11.6. The normalized spacial score (nSPS) is 13.2. The number of anilines is 3. The summed E-state index contributed by atoms with van der Waals surface area (Å²) in [6.07, 6.45) is -2.85. The highest BCUT2D eigenvalue weighted by Crippen LogP contribution is 2.33. The van der Waals surface area contributed by atoms with Gasteiger partial charge in [-0.3, -0.25) is 4.68 Å². The summed E-state index contributed by atoms with van der Waals surface area (Å²) in [7, 11) is 1.36. The Morgan fingerprint density at radius 1 is 1.28 bits per heavy atom. The lowest BCUT2D eigenvalue weighted by molar-refractivity contribution is -0.137. The summed E-state index contributed by atoms with van der Waals surface area (Å²) in [4.78, 5) is 7.57. The molecule has 7 nitrogen and oxygen atoms in total. The minimum atomic E-state index is -4.54. The number of aliphatic hydroxyl groups excluding tert-OH is 1. The molecule has 2 heterocycles. The van der Waals surface area contributed by atoms with E-state index >= 15 is 0 Å². The average molecular weight is 358 g/mol. The summed E-state index contributed by atoms with van der Waals surface area (Å²) in [5.74, 6) is -0.217. The Hall–Kier alpha value is -2.36. The van der Waals surface area contributed by atoms with Crippen LogP contribution in [0.15, 0.2) is 12.4 Å². The molecule has 0 spiro atoms. The van der Waals surface area contributed by atoms with Gasteiger partial charge < -0.3 is 15.7 Å². The molecule has 0 aliphatic heterocycles. The molecule has 0 bridgehead atoms. The van der Waals surface area contributed by atoms with Gasteiger partial charge in [0.25, 0.3) is 0 Å². The quantitative estimate of drug-likeness (QED) is 0.736. The number of aromatic nitrogens is 4. The largest absolute Gasteiger partial charge is 0.421 e. The monoisotopic (exact) mass is 358 g/mol. The van der Waals surface area contributed by atoms with Crippen LogP contribution in [0.1, 0.15) is 25.1 Å². The predicted octanol–water partition coefficient (Wildman–Crippen LogP) is 2.80. The van der Waals surface area contributed by atoms with Crippen molar-refractivity contribution in [1.29, 1.82) is 0 Å². The first-order valence-corrected chi connectivity index (χ1v) is 7.73. The molecule has 138 valence electrons. The fraction of sp³-hybridized carbons (Fsp3) is 0.533. The topological polar surface area (TPSA) is 87.9 Å². The van der Waals surface area contributed by atoms with Crippen LogP contribution in [0.4, 0.5) is 30.6 Å². The SMILES string of the molecule is CNc1nc(Nc2cnn(CC(O)C(C)C)c2C)ncc1C(F)(F)F. The zero-order chi connectivity index (χ0) is 18.8. The van der Waals surface area contributed by atoms with E-state index in [9.17, 15) is 18.3 Å². The Morgan fingerprint density at radius 2 is 1.96 bits per heavy atom. The summed E-state index contributed by atoms with van der Waals surface area (Å²) in [6.45, 7) is 5.90. The molecule has 10 heteroatoms. The molecule has 2 aromatic heterocycles. The summed E-state index contributed by atoms with van der Waals surface area (Å²) < 4.78 is 40.2. The second-order valence-electron chi connectivity index (χ2n) is 5.97. The minimum absolute atomic E-state index is 0.0180. The molecule has 2 rings (SSSR count). The fourth-order valence-electron chi connectivity index (χ4n) is 2.10. The summed E-state index contributed by atoms with van der Waals surface area (Å²) in [5, 5.41) is 19.4. The molecule has 0 fully saturated rings. The van der Waals surface area contributed by atoms with E-state index in [0.717, 1.165) is 6.20 Å². The van der Waals surface area contributed by atoms with E-state index in [2.05, 4.69) is 25.7 Å². The summed E-state index contributed by atoms with van der Waals surface area (Å²) in [5.41, 5.74) is 0.333. The average Bonchev–Trinajstić information content (AvgIpc) is 2.86. The van der Waals surface area contributed by atoms with Gasteiger partial charge in [0.2, 0.25) is 5.95 Å². The Morgan fingerprint density at radius 3 is 2.52 bits per heavy atom. The molecular formula is C15H21F3N6O. The van der Waals surface area contributed by atoms with Crippen molar-refractivity contribution in [2.75, 3.05) is 17.7 Å². The molecule has 0 saturated carbocycles. The molecule has 1 atom stereocenters. The number of nitrogens with one attached hydrogen (secondary N) is 2. The van der Waals surface area contributed by atoms with Crippen LogP contribution in [-0.2, 0) is 12.7 Å². The van der Waals surface area contributed by atoms with Crippen LogP contribution < -0.4 is 10.6 Å². The van der Waals surface area contributed by atoms with E-state index in [0.29, 0.717) is 17.9 Å². The van der Waals surface area contributed by atoms with Crippen molar-refractivity contribution in [2.45, 2.75) is 39.6 Å². The van der Waals surface area contributed by atoms with Gasteiger partial charge in [-0.15, -0.1) is 0 Å². The summed E-state index contributed by atoms with van der Waals surface area (Å²) in [6, 6.07) is 0. The van der Waals surface area contributed by atoms with Crippen LogP contribution in [0.25, 0.3) is 0 Å². The maximum atomic E-state index is 12.9. The van der Waals surface area contributed by atoms with Crippen LogP contribution >= 0.6 is 0 Å². The predicted molar refractivity (Wildman–Crippen MR) is 87.7 cm³/mol. The lowest BCUT2D eigenvalue weighted by Gasteiger charge is -2.15. The van der Waals surface area contributed by atoms with Crippen molar-refractivity contribution in [3.8, 4) is 0 Å². The van der Waals surface area contributed by atoms with Crippen molar-refractivity contribution in [3.63, 3.8) is 0 Å². The van der Waals surface area contributed by atoms with E-state index < -0.39 is 17.8 Å². The molecule has 0 aliphatic rings. The molecule has 25 heavy (non-hydrogen) atoms. The molecule has 2 aromatic rings. The van der Waals surface area contributed by atoms with Gasteiger partial charge >= 0.3 is 6.18 Å². The van der Waals surface area contributed by atoms with Crippen molar-refractivity contribution in [3.05, 3.63) is 23.7 Å². The third-order valence-corrected chi connectivity index (χ3v) is 3.81. The molecule has 0 radical (unpaired) electrons. The number of nitrogens with zero attached hydrogens (tertiary/aromatic N) is 4. The van der Waals surface area contributed by atoms with Gasteiger partial charge in [0.05, 0.1) is 30.2 Å². The van der Waals surface area contributed by atoms with E-state index in [-0.39, 0.29) is 17.7 Å². The molecule has 0 aromatic carbocycles. The zero-order valence-electron chi connectivity index (χ0n) is 14.4. The highest BCUT2D eigenvalue weighted by atomic mass is 19.4. The van der Waals surface area contributed by atoms with Crippen LogP contribution in [0, 0.1) is 12.8 Å². The van der Waals surface area contributed by atoms with Gasteiger partial charge in [0, 0.05) is 13.2 Å². The van der Waals surface area contributed by atoms with Crippen LogP contribution in [0.3, 0.4) is 0 Å². The smallest absolute Gasteiger partial charge is 0.391 e. The molecular weight excluding hydrogens is 337 g/mol. The maximum Gasteiger partial charge on any atom is 0.421 e. The van der Waals surface area contributed by atoms with Gasteiger partial charge in [-0.25, -0.2) is 4.98 Å². The fourth-order valence-corrected chi connectivity index (χ4v) is 2.10. The molecule has 3 N–H and O–H groups in total. The van der Waals surface area contributed by atoms with Gasteiger partial charge in [-0.2, -0.15) is 23.3 Å². The first-order valence-electron chi connectivity index (χ1n) is 7.73. The Bertz CT molecular complexity index is 729. The number of aliphatic hydroxyl groups is 1. The van der Waals surface area contributed by atoms with Gasteiger partial charge in [-0.1, -0.05) is 13.8 Å². The molecule has 1 unspecified atom stereocenters. The van der Waals surface area contributed by atoms with Crippen molar-refractivity contribution < 1.29 is 18.3 Å². The lowest BCUT2D eigenvalue weighted by atomic mass is 10.1. The number of hydrogen-bond donors (Lipinski definition) is 3. The first kappa shape index (κ1) is 19.0. The lowest BCUT2D eigenvalue weighted by Crippen LogP contribution is -2.23. The molecule has 0 aliphatic carbocycles. The number of rotatable bonds is 6. The third kappa shape index (κ3) is 4.38. The van der Waals surface area contributed by atoms with Crippen molar-refractivity contribution in [2.24, 2.45) is 5.92 Å². The third-order valence-electron chi connectivity index (χ3n) is 3.81. The molecule has 0 saturated heterocycles. The van der Waals surface area contributed by atoms with E-state index in [4.69, 9.17) is 0 Å². The second kappa shape index (κ2) is 7.26. The van der Waals surface area contributed by atoms with Gasteiger partial charge in [0.1, 0.15) is 11.4 Å². The Kier molecular flexibility index (Phi) is 5.51. The summed E-state index contributed by atoms with van der Waals surface area (Å²) >= 11 is 0. The van der Waals surface area contributed by atoms with Crippen molar-refractivity contribution in [1.82, 2.24) is 19.7 Å². The highest BCUT2D eigenvalue weighted by Gasteiger charge is 2.35. The van der Waals surface area contributed by atoms with E-state index in [1.54, 1.807) is 11.6 Å². The van der Waals surface area contributed by atoms with Gasteiger partial charge in [-0.05, 0) is 12.8 Å². The van der Waals surface area contributed by atoms with E-state index in [1.165, 1.54) is 13.2 Å². The second-order valence-corrected chi connectivity index (χ2v) is 5.97. The highest BCUT2D eigenvalue weighted by molar-refractivity contribution is 5.57. The minimum Gasteiger partial charge on any atom is -0.391 e. The number of hydrogen-bond acceptors (Lipinski definition) is 6. The zero-order valence-corrected chi connectivity index (χ0v) is 14.4. The number of halogens is 3. The van der Waals surface area contributed by atoms with Crippen LogP contribution in [0.2, 0.25) is 0 Å². The Labute approximate surface area is 143 Å². The van der Waals surface area contributed by atoms with Crippen LogP contribution in [-0.4, -0.2) is 38.0 Å². The maximum absolute atomic E-state index is 12.9. The van der Waals surface area contributed by atoms with Crippen LogP contribution in [0.5, 0.6) is 0 Å². The van der Waals surface area contributed by atoms with Gasteiger partial charge in [0.15, 0.2) is 0 Å².